The molecule has 0 aliphatic rings. The third kappa shape index (κ3) is 4.37. The van der Waals surface area contributed by atoms with Crippen molar-refractivity contribution in [1.29, 1.82) is 5.26 Å². The van der Waals surface area contributed by atoms with Crippen LogP contribution in [0.4, 0.5) is 5.69 Å². The first kappa shape index (κ1) is 18.7. The molecule has 0 bridgehead atoms. The van der Waals surface area contributed by atoms with E-state index in [4.69, 9.17) is 28.5 Å². The molecule has 7 heteroatoms. The van der Waals surface area contributed by atoms with Crippen molar-refractivity contribution in [2.24, 2.45) is 0 Å². The number of amides is 1. The monoisotopic (exact) mass is 397 g/mol. The third-order valence-corrected chi connectivity index (χ3v) is 4.48. The van der Waals surface area contributed by atoms with E-state index < -0.39 is 5.91 Å². The van der Waals surface area contributed by atoms with Crippen molar-refractivity contribution in [3.63, 3.8) is 0 Å². The summed E-state index contributed by atoms with van der Waals surface area (Å²) < 4.78 is 1.39. The Kier molecular flexibility index (Phi) is 5.60. The number of anilines is 1. The first-order valence-electron chi connectivity index (χ1n) is 7.93. The molecule has 134 valence electrons. The highest BCUT2D eigenvalue weighted by Gasteiger charge is 2.11. The molecule has 0 saturated heterocycles. The molecule has 3 aromatic rings. The molecule has 0 spiro atoms. The second-order valence-corrected chi connectivity index (χ2v) is 6.57. The number of aromatic nitrogens is 1. The van der Waals surface area contributed by atoms with Gasteiger partial charge in [0, 0.05) is 22.3 Å². The Morgan fingerprint density at radius 1 is 1.11 bits per heavy atom. The molecule has 0 aliphatic heterocycles. The number of carbonyl (C=O) groups is 1. The molecule has 0 aliphatic carbocycles. The summed E-state index contributed by atoms with van der Waals surface area (Å²) in [6.45, 7) is 0.199. The van der Waals surface area contributed by atoms with Crippen LogP contribution in [-0.4, -0.2) is 10.5 Å². The van der Waals surface area contributed by atoms with Crippen LogP contribution in [0.2, 0.25) is 10.0 Å². The number of carbonyl (C=O) groups excluding carboxylic acids is 1. The lowest BCUT2D eigenvalue weighted by atomic mass is 10.1. The van der Waals surface area contributed by atoms with Gasteiger partial charge >= 0.3 is 0 Å². The summed E-state index contributed by atoms with van der Waals surface area (Å²) in [5, 5.41) is 12.7. The number of nitriles is 1. The minimum absolute atomic E-state index is 0.199. The van der Waals surface area contributed by atoms with Gasteiger partial charge in [-0.25, -0.2) is 0 Å². The summed E-state index contributed by atoms with van der Waals surface area (Å²) in [7, 11) is 0. The van der Waals surface area contributed by atoms with Crippen molar-refractivity contribution in [1.82, 2.24) is 4.57 Å². The molecule has 0 atom stereocenters. The van der Waals surface area contributed by atoms with Gasteiger partial charge in [-0.15, -0.1) is 0 Å². The minimum Gasteiger partial charge on any atom is -0.321 e. The van der Waals surface area contributed by atoms with Crippen molar-refractivity contribution < 1.29 is 4.79 Å². The molecule has 1 aromatic heterocycles. The van der Waals surface area contributed by atoms with Crippen molar-refractivity contribution in [3.05, 3.63) is 97.9 Å². The van der Waals surface area contributed by atoms with Crippen LogP contribution >= 0.6 is 23.2 Å². The highest BCUT2D eigenvalue weighted by molar-refractivity contribution is 6.35. The number of pyridine rings is 1. The van der Waals surface area contributed by atoms with Crippen molar-refractivity contribution in [3.8, 4) is 6.07 Å². The zero-order chi connectivity index (χ0) is 19.4. The first-order chi connectivity index (χ1) is 13.0. The molecule has 5 nitrogen and oxygen atoms in total. The Morgan fingerprint density at radius 3 is 2.63 bits per heavy atom. The Labute approximate surface area is 165 Å². The van der Waals surface area contributed by atoms with Gasteiger partial charge in [0.05, 0.1) is 23.4 Å². The largest absolute Gasteiger partial charge is 0.321 e. The van der Waals surface area contributed by atoms with Crippen molar-refractivity contribution >= 4 is 34.8 Å². The van der Waals surface area contributed by atoms with E-state index in [0.717, 1.165) is 0 Å². The first-order valence-corrected chi connectivity index (χ1v) is 8.68. The number of benzene rings is 2. The molecule has 3 rings (SSSR count). The molecule has 1 heterocycles. The molecule has 1 amide bonds. The standard InChI is InChI=1S/C20H13Cl2N3O2/c21-16-7-5-14(17(22)9-16)11-25-12-15(6-8-19(25)26)20(27)24-18-4-2-1-3-13(18)10-23/h1-9,12H,11H2,(H,24,27). The second-order valence-electron chi connectivity index (χ2n) is 5.73. The molecule has 2 aromatic carbocycles. The van der Waals surface area contributed by atoms with Crippen LogP contribution in [0.5, 0.6) is 0 Å². The van der Waals surface area contributed by atoms with E-state index >= 15 is 0 Å². The van der Waals surface area contributed by atoms with Crippen LogP contribution in [-0.2, 0) is 6.54 Å². The van der Waals surface area contributed by atoms with Gasteiger partial charge < -0.3 is 9.88 Å². The minimum atomic E-state index is -0.423. The Bertz CT molecular complexity index is 1120. The molecule has 27 heavy (non-hydrogen) atoms. The summed E-state index contributed by atoms with van der Waals surface area (Å²) in [5.74, 6) is -0.423. The number of hydrogen-bond donors (Lipinski definition) is 1. The van der Waals surface area contributed by atoms with Gasteiger partial charge in [0.2, 0.25) is 0 Å². The maximum Gasteiger partial charge on any atom is 0.257 e. The fourth-order valence-corrected chi connectivity index (χ4v) is 2.98. The number of halogens is 2. The smallest absolute Gasteiger partial charge is 0.257 e. The number of rotatable bonds is 4. The van der Waals surface area contributed by atoms with E-state index in [1.54, 1.807) is 42.5 Å². The normalized spacial score (nSPS) is 10.3. The molecule has 0 unspecified atom stereocenters. The average molecular weight is 398 g/mol. The second kappa shape index (κ2) is 8.09. The summed E-state index contributed by atoms with van der Waals surface area (Å²) in [5.41, 5.74) is 1.48. The highest BCUT2D eigenvalue weighted by atomic mass is 35.5. The van der Waals surface area contributed by atoms with Crippen LogP contribution in [0.3, 0.4) is 0 Å². The number of nitrogens with zero attached hydrogens (tertiary/aromatic N) is 2. The van der Waals surface area contributed by atoms with Gasteiger partial charge in [0.25, 0.3) is 11.5 Å². The molecule has 1 N–H and O–H groups in total. The predicted octanol–water partition coefficient (Wildman–Crippen LogP) is 4.33. The lowest BCUT2D eigenvalue weighted by Gasteiger charge is -2.11. The molecular weight excluding hydrogens is 385 g/mol. The van der Waals surface area contributed by atoms with Crippen LogP contribution in [0.25, 0.3) is 0 Å². The third-order valence-electron chi connectivity index (χ3n) is 3.90. The van der Waals surface area contributed by atoms with E-state index in [1.807, 2.05) is 6.07 Å². The van der Waals surface area contributed by atoms with Crippen molar-refractivity contribution in [2.45, 2.75) is 6.54 Å². The number of hydrogen-bond acceptors (Lipinski definition) is 3. The SMILES string of the molecule is N#Cc1ccccc1NC(=O)c1ccc(=O)n(Cc2ccc(Cl)cc2Cl)c1. The Morgan fingerprint density at radius 2 is 1.89 bits per heavy atom. The summed E-state index contributed by atoms with van der Waals surface area (Å²) in [6.07, 6.45) is 1.46. The van der Waals surface area contributed by atoms with Crippen LogP contribution < -0.4 is 10.9 Å². The quantitative estimate of drug-likeness (QED) is 0.711. The van der Waals surface area contributed by atoms with Gasteiger partial charge in [-0.2, -0.15) is 5.26 Å². The topological polar surface area (TPSA) is 74.9 Å². The summed E-state index contributed by atoms with van der Waals surface area (Å²) >= 11 is 12.1. The van der Waals surface area contributed by atoms with E-state index in [2.05, 4.69) is 5.32 Å². The van der Waals surface area contributed by atoms with E-state index in [-0.39, 0.29) is 17.7 Å². The van der Waals surface area contributed by atoms with E-state index in [0.29, 0.717) is 26.9 Å². The highest BCUT2D eigenvalue weighted by Crippen LogP contribution is 2.21. The zero-order valence-corrected chi connectivity index (χ0v) is 15.5. The number of nitrogens with one attached hydrogen (secondary N) is 1. The van der Waals surface area contributed by atoms with Crippen LogP contribution in [0.1, 0.15) is 21.5 Å². The van der Waals surface area contributed by atoms with Gasteiger partial charge in [-0.3, -0.25) is 9.59 Å². The van der Waals surface area contributed by atoms with Gasteiger partial charge in [-0.05, 0) is 35.9 Å². The molecular formula is C20H13Cl2N3O2. The van der Waals surface area contributed by atoms with Crippen LogP contribution in [0, 0.1) is 11.3 Å². The molecule has 0 saturated carbocycles. The summed E-state index contributed by atoms with van der Waals surface area (Å²) in [4.78, 5) is 24.7. The number of para-hydroxylation sites is 1. The average Bonchev–Trinajstić information content (AvgIpc) is 2.66. The lowest BCUT2D eigenvalue weighted by molar-refractivity contribution is 0.102. The molecule has 0 fully saturated rings. The lowest BCUT2D eigenvalue weighted by Crippen LogP contribution is -2.22. The van der Waals surface area contributed by atoms with E-state index in [9.17, 15) is 9.59 Å². The van der Waals surface area contributed by atoms with Gasteiger partial charge in [-0.1, -0.05) is 41.4 Å². The summed E-state index contributed by atoms with van der Waals surface area (Å²) in [6, 6.07) is 16.5. The Balaban J connectivity index is 1.87. The zero-order valence-electron chi connectivity index (χ0n) is 13.9. The Hall–Kier alpha value is -3.07. The molecule has 0 radical (unpaired) electrons. The maximum absolute atomic E-state index is 12.5. The van der Waals surface area contributed by atoms with E-state index in [1.165, 1.54) is 22.9 Å². The van der Waals surface area contributed by atoms with Gasteiger partial charge in [0.15, 0.2) is 0 Å². The van der Waals surface area contributed by atoms with Gasteiger partial charge in [0.1, 0.15) is 6.07 Å². The van der Waals surface area contributed by atoms with Crippen molar-refractivity contribution in [2.75, 3.05) is 5.32 Å². The fourth-order valence-electron chi connectivity index (χ4n) is 2.51. The van der Waals surface area contributed by atoms with Crippen LogP contribution in [0.15, 0.2) is 65.6 Å². The maximum atomic E-state index is 12.5. The predicted molar refractivity (Wildman–Crippen MR) is 105 cm³/mol. The fraction of sp³-hybridized carbons (Fsp3) is 0.0500.